The molecule has 84 valence electrons. The Morgan fingerprint density at radius 3 is 2.12 bits per heavy atom. The number of nitrogens with zero attached hydrogens (tertiary/aromatic N) is 1. The molecule has 0 saturated heterocycles. The van der Waals surface area contributed by atoms with Crippen LogP contribution in [0, 0.1) is 0 Å². The highest BCUT2D eigenvalue weighted by molar-refractivity contribution is 5.94. The van der Waals surface area contributed by atoms with Gasteiger partial charge in [0.25, 0.3) is 5.91 Å². The van der Waals surface area contributed by atoms with E-state index in [1.807, 2.05) is 12.1 Å². The molecule has 0 radical (unpaired) electrons. The molecule has 1 amide bonds. The topological polar surface area (TPSA) is 37.4 Å². The van der Waals surface area contributed by atoms with Gasteiger partial charge in [-0.15, -0.1) is 0 Å². The molecule has 0 bridgehead atoms. The molecule has 16 heavy (non-hydrogen) atoms. The summed E-state index contributed by atoms with van der Waals surface area (Å²) >= 11 is 0. The number of hydrogen-bond acceptors (Lipinski definition) is 2. The standard InChI is InChI=1S/C13H15NO2/c1-10(15)4-5-11-6-8-12(9-7-11)13(16)14(2)3/h4-9H,1-3H3/b5-4+. The monoisotopic (exact) mass is 217 g/mol. The largest absolute Gasteiger partial charge is 0.345 e. The lowest BCUT2D eigenvalue weighted by Crippen LogP contribution is -2.21. The van der Waals surface area contributed by atoms with E-state index >= 15 is 0 Å². The van der Waals surface area contributed by atoms with Gasteiger partial charge < -0.3 is 4.90 Å². The van der Waals surface area contributed by atoms with Gasteiger partial charge in [-0.3, -0.25) is 9.59 Å². The molecule has 0 heterocycles. The lowest BCUT2D eigenvalue weighted by Gasteiger charge is -2.09. The summed E-state index contributed by atoms with van der Waals surface area (Å²) in [6, 6.07) is 7.14. The minimum absolute atomic E-state index is 0.00782. The van der Waals surface area contributed by atoms with Crippen LogP contribution in [-0.4, -0.2) is 30.7 Å². The molecular formula is C13H15NO2. The van der Waals surface area contributed by atoms with Crippen molar-refractivity contribution in [2.75, 3.05) is 14.1 Å². The van der Waals surface area contributed by atoms with Gasteiger partial charge in [-0.2, -0.15) is 0 Å². The number of benzene rings is 1. The van der Waals surface area contributed by atoms with Crippen molar-refractivity contribution >= 4 is 17.8 Å². The van der Waals surface area contributed by atoms with Crippen LogP contribution in [-0.2, 0) is 4.79 Å². The molecule has 0 aliphatic rings. The number of hydrogen-bond donors (Lipinski definition) is 0. The van der Waals surface area contributed by atoms with E-state index in [9.17, 15) is 9.59 Å². The van der Waals surface area contributed by atoms with Gasteiger partial charge in [-0.1, -0.05) is 18.2 Å². The van der Waals surface area contributed by atoms with Crippen molar-refractivity contribution in [1.29, 1.82) is 0 Å². The summed E-state index contributed by atoms with van der Waals surface area (Å²) in [6.07, 6.45) is 3.23. The minimum atomic E-state index is -0.0258. The summed E-state index contributed by atoms with van der Waals surface area (Å²) in [5.41, 5.74) is 1.55. The fourth-order valence-electron chi connectivity index (χ4n) is 1.21. The SMILES string of the molecule is CC(=O)/C=C/c1ccc(C(=O)N(C)C)cc1. The molecule has 0 N–H and O–H groups in total. The zero-order chi connectivity index (χ0) is 12.1. The van der Waals surface area contributed by atoms with Crippen LogP contribution in [0.3, 0.4) is 0 Å². The van der Waals surface area contributed by atoms with Crippen molar-refractivity contribution in [2.24, 2.45) is 0 Å². The highest BCUT2D eigenvalue weighted by Crippen LogP contribution is 2.07. The average Bonchev–Trinajstić information content (AvgIpc) is 2.26. The van der Waals surface area contributed by atoms with Gasteiger partial charge in [-0.25, -0.2) is 0 Å². The average molecular weight is 217 g/mol. The third kappa shape index (κ3) is 3.35. The number of carbonyl (C=O) groups is 2. The van der Waals surface area contributed by atoms with Crippen molar-refractivity contribution < 1.29 is 9.59 Å². The second kappa shape index (κ2) is 5.26. The first-order chi connectivity index (χ1) is 7.50. The first-order valence-electron chi connectivity index (χ1n) is 5.01. The lowest BCUT2D eigenvalue weighted by atomic mass is 10.1. The Hall–Kier alpha value is -1.90. The molecule has 1 rings (SSSR count). The summed E-state index contributed by atoms with van der Waals surface area (Å²) in [7, 11) is 3.43. The Balaban J connectivity index is 2.83. The molecular weight excluding hydrogens is 202 g/mol. The summed E-state index contributed by atoms with van der Waals surface area (Å²) in [5, 5.41) is 0. The summed E-state index contributed by atoms with van der Waals surface area (Å²) in [4.78, 5) is 23.8. The molecule has 1 aromatic rings. The van der Waals surface area contributed by atoms with Crippen molar-refractivity contribution in [3.05, 3.63) is 41.5 Å². The van der Waals surface area contributed by atoms with Crippen LogP contribution in [0.2, 0.25) is 0 Å². The summed E-state index contributed by atoms with van der Waals surface area (Å²) in [6.45, 7) is 1.50. The maximum atomic E-state index is 11.6. The van der Waals surface area contributed by atoms with E-state index in [0.29, 0.717) is 5.56 Å². The molecule has 1 aromatic carbocycles. The molecule has 0 aromatic heterocycles. The van der Waals surface area contributed by atoms with E-state index in [4.69, 9.17) is 0 Å². The zero-order valence-electron chi connectivity index (χ0n) is 9.73. The van der Waals surface area contributed by atoms with Crippen LogP contribution in [0.1, 0.15) is 22.8 Å². The Morgan fingerprint density at radius 2 is 1.69 bits per heavy atom. The number of amides is 1. The number of ketones is 1. The Bertz CT molecular complexity index is 416. The van der Waals surface area contributed by atoms with Crippen LogP contribution in [0.25, 0.3) is 6.08 Å². The smallest absolute Gasteiger partial charge is 0.253 e. The molecule has 3 nitrogen and oxygen atoms in total. The maximum absolute atomic E-state index is 11.6. The lowest BCUT2D eigenvalue weighted by molar-refractivity contribution is -0.112. The predicted molar refractivity (Wildman–Crippen MR) is 64.2 cm³/mol. The van der Waals surface area contributed by atoms with E-state index in [1.54, 1.807) is 32.3 Å². The van der Waals surface area contributed by atoms with Gasteiger partial charge in [0.15, 0.2) is 5.78 Å². The Kier molecular flexibility index (Phi) is 4.00. The number of rotatable bonds is 3. The van der Waals surface area contributed by atoms with E-state index in [-0.39, 0.29) is 11.7 Å². The molecule has 0 saturated carbocycles. The fourth-order valence-corrected chi connectivity index (χ4v) is 1.21. The summed E-state index contributed by atoms with van der Waals surface area (Å²) < 4.78 is 0. The number of allylic oxidation sites excluding steroid dienone is 1. The van der Waals surface area contributed by atoms with E-state index in [0.717, 1.165) is 5.56 Å². The molecule has 0 spiro atoms. The van der Waals surface area contributed by atoms with Crippen molar-refractivity contribution in [1.82, 2.24) is 4.90 Å². The third-order valence-electron chi connectivity index (χ3n) is 2.07. The van der Waals surface area contributed by atoms with Crippen LogP contribution >= 0.6 is 0 Å². The number of carbonyl (C=O) groups excluding carboxylic acids is 2. The van der Waals surface area contributed by atoms with Gasteiger partial charge in [0.1, 0.15) is 0 Å². The Labute approximate surface area is 95.4 Å². The van der Waals surface area contributed by atoms with E-state index in [2.05, 4.69) is 0 Å². The third-order valence-corrected chi connectivity index (χ3v) is 2.07. The van der Waals surface area contributed by atoms with Crippen molar-refractivity contribution in [3.63, 3.8) is 0 Å². The minimum Gasteiger partial charge on any atom is -0.345 e. The van der Waals surface area contributed by atoms with Gasteiger partial charge in [-0.05, 0) is 30.7 Å². The Morgan fingerprint density at radius 1 is 1.12 bits per heavy atom. The normalized spacial score (nSPS) is 10.4. The highest BCUT2D eigenvalue weighted by Gasteiger charge is 2.06. The fraction of sp³-hybridized carbons (Fsp3) is 0.231. The maximum Gasteiger partial charge on any atom is 0.253 e. The van der Waals surface area contributed by atoms with Gasteiger partial charge >= 0.3 is 0 Å². The van der Waals surface area contributed by atoms with E-state index in [1.165, 1.54) is 17.9 Å². The van der Waals surface area contributed by atoms with Gasteiger partial charge in [0.2, 0.25) is 0 Å². The van der Waals surface area contributed by atoms with Crippen molar-refractivity contribution in [2.45, 2.75) is 6.92 Å². The van der Waals surface area contributed by atoms with Gasteiger partial charge in [0.05, 0.1) is 0 Å². The van der Waals surface area contributed by atoms with E-state index < -0.39 is 0 Å². The highest BCUT2D eigenvalue weighted by atomic mass is 16.2. The van der Waals surface area contributed by atoms with Crippen LogP contribution in [0.15, 0.2) is 30.3 Å². The van der Waals surface area contributed by atoms with Crippen LogP contribution in [0.5, 0.6) is 0 Å². The van der Waals surface area contributed by atoms with Crippen LogP contribution in [0.4, 0.5) is 0 Å². The molecule has 0 aliphatic heterocycles. The summed E-state index contributed by atoms with van der Waals surface area (Å²) in [5.74, 6) is -0.0180. The second-order valence-corrected chi connectivity index (χ2v) is 3.77. The quantitative estimate of drug-likeness (QED) is 0.726. The molecule has 0 atom stereocenters. The van der Waals surface area contributed by atoms with Crippen molar-refractivity contribution in [3.8, 4) is 0 Å². The van der Waals surface area contributed by atoms with Crippen LogP contribution < -0.4 is 0 Å². The van der Waals surface area contributed by atoms with Gasteiger partial charge in [0, 0.05) is 19.7 Å². The molecule has 0 aliphatic carbocycles. The first kappa shape index (κ1) is 12.2. The molecule has 3 heteroatoms. The zero-order valence-corrected chi connectivity index (χ0v) is 9.73. The second-order valence-electron chi connectivity index (χ2n) is 3.77. The molecule has 0 unspecified atom stereocenters. The first-order valence-corrected chi connectivity index (χ1v) is 5.01. The molecule has 0 fully saturated rings. The predicted octanol–water partition coefficient (Wildman–Crippen LogP) is 1.99.